The number of carbonyl (C=O) groups excluding carboxylic acids is 2. The maximum absolute atomic E-state index is 13.8. The molecular weight excluding hydrogens is 727 g/mol. The second-order valence-corrected chi connectivity index (χ2v) is 15.7. The molecule has 0 spiro atoms. The van der Waals surface area contributed by atoms with E-state index in [0.717, 1.165) is 78.8 Å². The smallest absolute Gasteiger partial charge is 0.225 e. The van der Waals surface area contributed by atoms with E-state index in [-0.39, 0.29) is 18.1 Å². The topological polar surface area (TPSA) is 117 Å². The Kier molecular flexibility index (Phi) is 11.5. The van der Waals surface area contributed by atoms with Crippen LogP contribution < -0.4 is 10.6 Å². The number of fused-ring (bicyclic) bond motifs is 3. The first kappa shape index (κ1) is 37.1. The molecule has 0 aliphatic carbocycles. The van der Waals surface area contributed by atoms with E-state index in [2.05, 4.69) is 44.2 Å². The Morgan fingerprint density at radius 2 is 1.60 bits per heavy atom. The van der Waals surface area contributed by atoms with Gasteiger partial charge in [0.05, 0.1) is 12.1 Å². The number of aromatic nitrogens is 4. The van der Waals surface area contributed by atoms with Crippen LogP contribution in [0, 0.1) is 26.7 Å². The standard InChI is InChI=1S/C40H42Cl2N8O2S/c1-24-25(2)53-40-36(24)37(29-8-11-32(41)12-9-29)46-33(39-48-47-26(3)50(39)40)20-35(51)49-18-14-28(15-19-49)22-44-17-16-43-21-27-4-6-30(7-5-27)38(52)31-10-13-34(42)45-23-31/h4-13,23,28,33,43-44H,14-22H2,1-3H3/t33-/m0/s1. The summed E-state index contributed by atoms with van der Waals surface area (Å²) < 4.78 is 2.09. The summed E-state index contributed by atoms with van der Waals surface area (Å²) in [6, 6.07) is 18.2. The number of carbonyl (C=O) groups is 2. The summed E-state index contributed by atoms with van der Waals surface area (Å²) in [5, 5.41) is 18.1. The molecule has 0 bridgehead atoms. The molecule has 0 radical (unpaired) electrons. The summed E-state index contributed by atoms with van der Waals surface area (Å²) in [5.74, 6) is 2.02. The molecule has 13 heteroatoms. The van der Waals surface area contributed by atoms with Crippen LogP contribution in [0.3, 0.4) is 0 Å². The Morgan fingerprint density at radius 1 is 0.887 bits per heavy atom. The molecule has 1 amide bonds. The average molecular weight is 770 g/mol. The number of hydrogen-bond donors (Lipinski definition) is 2. The molecule has 274 valence electrons. The number of piperidine rings is 1. The van der Waals surface area contributed by atoms with Crippen molar-refractivity contribution in [2.24, 2.45) is 10.9 Å². The SMILES string of the molecule is Cc1sc2c(c1C)C(c1ccc(Cl)cc1)=N[C@@H](CC(=O)N1CCC(CNCCNCc3ccc(C(=O)c4ccc(Cl)nc4)cc3)CC1)c1nnc(C)n1-2. The maximum atomic E-state index is 13.8. The number of thiophene rings is 1. The van der Waals surface area contributed by atoms with Gasteiger partial charge in [-0.25, -0.2) is 4.98 Å². The number of rotatable bonds is 12. The zero-order chi connectivity index (χ0) is 37.1. The summed E-state index contributed by atoms with van der Waals surface area (Å²) in [6.07, 6.45) is 3.64. The Hall–Kier alpha value is -4.26. The first-order chi connectivity index (χ1) is 25.7. The molecule has 5 aromatic rings. The third-order valence-corrected chi connectivity index (χ3v) is 11.8. The fraction of sp³-hybridized carbons (Fsp3) is 0.350. The summed E-state index contributed by atoms with van der Waals surface area (Å²) >= 11 is 13.8. The number of aliphatic imine (C=N–C) groups is 1. The molecule has 5 heterocycles. The van der Waals surface area contributed by atoms with E-state index in [1.165, 1.54) is 16.6 Å². The average Bonchev–Trinajstić information content (AvgIpc) is 3.65. The van der Waals surface area contributed by atoms with Crippen LogP contribution in [0.5, 0.6) is 0 Å². The summed E-state index contributed by atoms with van der Waals surface area (Å²) in [6.45, 7) is 11.0. The van der Waals surface area contributed by atoms with Gasteiger partial charge in [-0.05, 0) is 81.5 Å². The highest BCUT2D eigenvalue weighted by atomic mass is 35.5. The van der Waals surface area contributed by atoms with Crippen LogP contribution in [0.2, 0.25) is 10.2 Å². The molecule has 0 unspecified atom stereocenters. The number of nitrogens with zero attached hydrogens (tertiary/aromatic N) is 6. The minimum atomic E-state index is -0.465. The van der Waals surface area contributed by atoms with E-state index < -0.39 is 6.04 Å². The lowest BCUT2D eigenvalue weighted by molar-refractivity contribution is -0.133. The van der Waals surface area contributed by atoms with Gasteiger partial charge in [-0.3, -0.25) is 19.1 Å². The van der Waals surface area contributed by atoms with E-state index in [0.29, 0.717) is 39.6 Å². The van der Waals surface area contributed by atoms with Crippen molar-refractivity contribution in [2.45, 2.75) is 52.6 Å². The molecule has 1 fully saturated rings. The van der Waals surface area contributed by atoms with Crippen molar-refractivity contribution in [3.8, 4) is 5.00 Å². The molecule has 1 saturated heterocycles. The lowest BCUT2D eigenvalue weighted by Crippen LogP contribution is -2.41. The second kappa shape index (κ2) is 16.4. The van der Waals surface area contributed by atoms with Gasteiger partial charge in [0.15, 0.2) is 11.6 Å². The highest BCUT2D eigenvalue weighted by Crippen LogP contribution is 2.40. The number of halogens is 2. The van der Waals surface area contributed by atoms with Crippen molar-refractivity contribution >= 4 is 51.9 Å². The van der Waals surface area contributed by atoms with Gasteiger partial charge in [0, 0.05) is 71.1 Å². The van der Waals surface area contributed by atoms with Gasteiger partial charge in [0.2, 0.25) is 5.91 Å². The molecule has 53 heavy (non-hydrogen) atoms. The zero-order valence-electron chi connectivity index (χ0n) is 30.0. The Balaban J connectivity index is 0.891. The first-order valence-electron chi connectivity index (χ1n) is 18.0. The lowest BCUT2D eigenvalue weighted by Gasteiger charge is -2.32. The molecule has 1 atom stereocenters. The predicted molar refractivity (Wildman–Crippen MR) is 211 cm³/mol. The van der Waals surface area contributed by atoms with E-state index in [9.17, 15) is 9.59 Å². The monoisotopic (exact) mass is 768 g/mol. The molecule has 2 aliphatic rings. The maximum Gasteiger partial charge on any atom is 0.225 e. The Bertz CT molecular complexity index is 2120. The van der Waals surface area contributed by atoms with E-state index in [4.69, 9.17) is 28.2 Å². The van der Waals surface area contributed by atoms with E-state index in [1.54, 1.807) is 23.5 Å². The van der Waals surface area contributed by atoms with Crippen LogP contribution in [-0.2, 0) is 11.3 Å². The van der Waals surface area contributed by atoms with Gasteiger partial charge >= 0.3 is 0 Å². The van der Waals surface area contributed by atoms with Gasteiger partial charge in [0.25, 0.3) is 0 Å². The van der Waals surface area contributed by atoms with Crippen molar-refractivity contribution in [1.82, 2.24) is 35.3 Å². The first-order valence-corrected chi connectivity index (χ1v) is 19.5. The summed E-state index contributed by atoms with van der Waals surface area (Å²) in [7, 11) is 0. The van der Waals surface area contributed by atoms with Crippen molar-refractivity contribution in [3.63, 3.8) is 0 Å². The number of ketones is 1. The van der Waals surface area contributed by atoms with E-state index in [1.807, 2.05) is 60.4 Å². The molecule has 7 rings (SSSR count). The largest absolute Gasteiger partial charge is 0.343 e. The third kappa shape index (κ3) is 8.29. The molecule has 2 aliphatic heterocycles. The normalized spacial score (nSPS) is 15.8. The minimum Gasteiger partial charge on any atom is -0.343 e. The number of nitrogens with one attached hydrogen (secondary N) is 2. The third-order valence-electron chi connectivity index (χ3n) is 10.1. The Morgan fingerprint density at radius 3 is 2.32 bits per heavy atom. The number of pyridine rings is 1. The fourth-order valence-corrected chi connectivity index (χ4v) is 8.43. The number of benzene rings is 2. The van der Waals surface area contributed by atoms with Crippen LogP contribution in [0.15, 0.2) is 71.9 Å². The molecule has 10 nitrogen and oxygen atoms in total. The molecular formula is C40H42Cl2N8O2S. The van der Waals surface area contributed by atoms with Gasteiger partial charge in [0.1, 0.15) is 22.0 Å². The highest BCUT2D eigenvalue weighted by molar-refractivity contribution is 7.15. The fourth-order valence-electron chi connectivity index (χ4n) is 6.98. The number of likely N-dealkylation sites (tertiary alicyclic amines) is 1. The predicted octanol–water partition coefficient (Wildman–Crippen LogP) is 7.09. The minimum absolute atomic E-state index is 0.0752. The van der Waals surface area contributed by atoms with Gasteiger partial charge in [-0.2, -0.15) is 0 Å². The molecule has 2 N–H and O–H groups in total. The summed E-state index contributed by atoms with van der Waals surface area (Å²) in [5.41, 5.74) is 6.30. The Labute approximate surface area is 323 Å². The summed E-state index contributed by atoms with van der Waals surface area (Å²) in [4.78, 5) is 39.0. The second-order valence-electron chi connectivity index (χ2n) is 13.7. The zero-order valence-corrected chi connectivity index (χ0v) is 32.4. The van der Waals surface area contributed by atoms with Crippen LogP contribution >= 0.6 is 34.5 Å². The van der Waals surface area contributed by atoms with Crippen molar-refractivity contribution in [3.05, 3.63) is 127 Å². The van der Waals surface area contributed by atoms with Crippen LogP contribution in [0.4, 0.5) is 0 Å². The van der Waals surface area contributed by atoms with Crippen LogP contribution in [0.1, 0.15) is 80.0 Å². The van der Waals surface area contributed by atoms with Gasteiger partial charge < -0.3 is 15.5 Å². The number of amides is 1. The van der Waals surface area contributed by atoms with Crippen molar-refractivity contribution < 1.29 is 9.59 Å². The molecule has 0 saturated carbocycles. The molecule has 2 aromatic carbocycles. The number of aryl methyl sites for hydroxylation is 2. The quantitative estimate of drug-likeness (QED) is 0.0791. The van der Waals surface area contributed by atoms with Gasteiger partial charge in [-0.15, -0.1) is 21.5 Å². The lowest BCUT2D eigenvalue weighted by atomic mass is 9.96. The van der Waals surface area contributed by atoms with Crippen LogP contribution in [0.25, 0.3) is 5.00 Å². The van der Waals surface area contributed by atoms with Gasteiger partial charge in [-0.1, -0.05) is 59.6 Å². The molecule has 3 aromatic heterocycles. The van der Waals surface area contributed by atoms with Crippen LogP contribution in [-0.4, -0.2) is 74.8 Å². The number of hydrogen-bond acceptors (Lipinski definition) is 9. The van der Waals surface area contributed by atoms with E-state index >= 15 is 0 Å². The van der Waals surface area contributed by atoms with Crippen molar-refractivity contribution in [2.75, 3.05) is 32.7 Å². The van der Waals surface area contributed by atoms with Crippen molar-refractivity contribution in [1.29, 1.82) is 0 Å². The highest BCUT2D eigenvalue weighted by Gasteiger charge is 2.34.